The van der Waals surface area contributed by atoms with Crippen LogP contribution in [-0.2, 0) is 4.74 Å². The number of halogens is 2. The lowest BCUT2D eigenvalue weighted by Crippen LogP contribution is -2.08. The summed E-state index contributed by atoms with van der Waals surface area (Å²) in [6.07, 6.45) is 0. The van der Waals surface area contributed by atoms with Crippen LogP contribution in [0.3, 0.4) is 0 Å². The Kier molecular flexibility index (Phi) is 4.65. The number of hydrogen-bond donors (Lipinski definition) is 1. The van der Waals surface area contributed by atoms with Gasteiger partial charge in [-0.15, -0.1) is 0 Å². The molecule has 0 heterocycles. The van der Waals surface area contributed by atoms with Crippen LogP contribution in [0, 0.1) is 5.82 Å². The molecule has 2 aromatic rings. The monoisotopic (exact) mass is 309 g/mol. The maximum Gasteiger partial charge on any atom is 0.342 e. The van der Waals surface area contributed by atoms with Gasteiger partial charge in [0.15, 0.2) is 5.75 Å². The molecule has 0 spiro atoms. The van der Waals surface area contributed by atoms with Crippen molar-refractivity contribution in [2.24, 2.45) is 0 Å². The molecule has 0 aliphatic rings. The number of ether oxygens (including phenoxy) is 2. The van der Waals surface area contributed by atoms with E-state index >= 15 is 0 Å². The zero-order valence-electron chi connectivity index (χ0n) is 11.2. The lowest BCUT2D eigenvalue weighted by Gasteiger charge is -2.13. The van der Waals surface area contributed by atoms with Gasteiger partial charge < -0.3 is 15.2 Å². The summed E-state index contributed by atoms with van der Waals surface area (Å²) >= 11 is 5.61. The molecule has 6 heteroatoms. The highest BCUT2D eigenvalue weighted by molar-refractivity contribution is 6.30. The number of anilines is 1. The van der Waals surface area contributed by atoms with E-state index in [2.05, 4.69) is 0 Å². The molecule has 21 heavy (non-hydrogen) atoms. The van der Waals surface area contributed by atoms with E-state index in [1.807, 2.05) is 0 Å². The van der Waals surface area contributed by atoms with E-state index < -0.39 is 11.8 Å². The first-order valence-electron chi connectivity index (χ1n) is 6.21. The Morgan fingerprint density at radius 1 is 1.33 bits per heavy atom. The minimum atomic E-state index is -0.624. The van der Waals surface area contributed by atoms with E-state index in [9.17, 15) is 9.18 Å². The van der Waals surface area contributed by atoms with E-state index in [0.717, 1.165) is 6.07 Å². The summed E-state index contributed by atoms with van der Waals surface area (Å²) in [5.41, 5.74) is 6.24. The summed E-state index contributed by atoms with van der Waals surface area (Å²) in [6, 6.07) is 8.66. The quantitative estimate of drug-likeness (QED) is 0.684. The molecule has 0 amide bonds. The first-order chi connectivity index (χ1) is 10.0. The lowest BCUT2D eigenvalue weighted by molar-refractivity contribution is 0.0523. The summed E-state index contributed by atoms with van der Waals surface area (Å²) < 4.78 is 23.9. The molecule has 0 aliphatic heterocycles. The number of benzene rings is 2. The molecular formula is C15H13ClFNO3. The molecule has 110 valence electrons. The van der Waals surface area contributed by atoms with Crippen LogP contribution < -0.4 is 10.5 Å². The van der Waals surface area contributed by atoms with Crippen molar-refractivity contribution in [1.82, 2.24) is 0 Å². The van der Waals surface area contributed by atoms with E-state index in [1.165, 1.54) is 18.2 Å². The van der Waals surface area contributed by atoms with Crippen LogP contribution in [-0.4, -0.2) is 12.6 Å². The summed E-state index contributed by atoms with van der Waals surface area (Å²) in [7, 11) is 0. The first kappa shape index (κ1) is 15.1. The van der Waals surface area contributed by atoms with Crippen LogP contribution in [0.15, 0.2) is 36.4 Å². The number of hydrogen-bond acceptors (Lipinski definition) is 4. The molecule has 0 atom stereocenters. The van der Waals surface area contributed by atoms with Crippen LogP contribution in [0.25, 0.3) is 0 Å². The predicted molar refractivity (Wildman–Crippen MR) is 78.3 cm³/mol. The van der Waals surface area contributed by atoms with Gasteiger partial charge in [-0.3, -0.25) is 0 Å². The highest BCUT2D eigenvalue weighted by Crippen LogP contribution is 2.33. The topological polar surface area (TPSA) is 61.5 Å². The van der Waals surface area contributed by atoms with Gasteiger partial charge in [0, 0.05) is 6.07 Å². The average molecular weight is 310 g/mol. The van der Waals surface area contributed by atoms with Gasteiger partial charge in [0.05, 0.1) is 17.3 Å². The van der Waals surface area contributed by atoms with E-state index in [1.54, 1.807) is 19.1 Å². The molecule has 0 aliphatic carbocycles. The van der Waals surface area contributed by atoms with Crippen LogP contribution in [0.2, 0.25) is 5.02 Å². The number of rotatable bonds is 4. The van der Waals surface area contributed by atoms with Crippen molar-refractivity contribution in [1.29, 1.82) is 0 Å². The number of para-hydroxylation sites is 1. The van der Waals surface area contributed by atoms with Crippen LogP contribution in [0.1, 0.15) is 17.3 Å². The predicted octanol–water partition coefficient (Wildman–Crippen LogP) is 4.03. The Balaban J connectivity index is 2.38. The molecule has 2 rings (SSSR count). The van der Waals surface area contributed by atoms with Crippen molar-refractivity contribution in [3.8, 4) is 11.5 Å². The van der Waals surface area contributed by atoms with Gasteiger partial charge in [0.25, 0.3) is 0 Å². The van der Waals surface area contributed by atoms with Crippen molar-refractivity contribution < 1.29 is 18.7 Å². The Bertz CT molecular complexity index is 676. The lowest BCUT2D eigenvalue weighted by atomic mass is 10.1. The zero-order valence-corrected chi connectivity index (χ0v) is 12.0. The minimum absolute atomic E-state index is 0.0194. The first-order valence-corrected chi connectivity index (χ1v) is 6.59. The number of esters is 1. The Morgan fingerprint density at radius 2 is 2.10 bits per heavy atom. The third-order valence-electron chi connectivity index (χ3n) is 2.65. The zero-order chi connectivity index (χ0) is 15.4. The van der Waals surface area contributed by atoms with Gasteiger partial charge in [-0.1, -0.05) is 17.7 Å². The van der Waals surface area contributed by atoms with Crippen molar-refractivity contribution in [2.75, 3.05) is 12.3 Å². The van der Waals surface area contributed by atoms with Crippen molar-refractivity contribution in [3.63, 3.8) is 0 Å². The molecule has 2 aromatic carbocycles. The molecule has 0 radical (unpaired) electrons. The summed E-state index contributed by atoms with van der Waals surface area (Å²) in [4.78, 5) is 11.9. The van der Waals surface area contributed by atoms with Gasteiger partial charge in [0.2, 0.25) is 0 Å². The average Bonchev–Trinajstić information content (AvgIpc) is 2.45. The van der Waals surface area contributed by atoms with E-state index in [-0.39, 0.29) is 34.4 Å². The van der Waals surface area contributed by atoms with Gasteiger partial charge in [0.1, 0.15) is 17.1 Å². The molecule has 0 aromatic heterocycles. The number of carbonyl (C=O) groups excluding carboxylic acids is 1. The van der Waals surface area contributed by atoms with Crippen LogP contribution >= 0.6 is 11.6 Å². The second-order valence-electron chi connectivity index (χ2n) is 4.12. The molecular weight excluding hydrogens is 297 g/mol. The second-order valence-corrected chi connectivity index (χ2v) is 4.53. The SMILES string of the molecule is CCOC(=O)c1cccc(N)c1Oc1ccc(Cl)c(F)c1. The van der Waals surface area contributed by atoms with Crippen molar-refractivity contribution in [2.45, 2.75) is 6.92 Å². The standard InChI is InChI=1S/C15H13ClFNO3/c1-2-20-15(19)10-4-3-5-13(18)14(10)21-9-6-7-11(16)12(17)8-9/h3-8H,2,18H2,1H3. The Labute approximate surface area is 126 Å². The maximum absolute atomic E-state index is 13.4. The van der Waals surface area contributed by atoms with Crippen molar-refractivity contribution in [3.05, 3.63) is 52.8 Å². The van der Waals surface area contributed by atoms with Crippen molar-refractivity contribution >= 4 is 23.3 Å². The summed E-state index contributed by atoms with van der Waals surface area (Å²) in [6.45, 7) is 1.92. The van der Waals surface area contributed by atoms with Gasteiger partial charge in [-0.05, 0) is 31.2 Å². The fraction of sp³-hybridized carbons (Fsp3) is 0.133. The fourth-order valence-electron chi connectivity index (χ4n) is 1.70. The summed E-state index contributed by atoms with van der Waals surface area (Å²) in [5, 5.41) is -0.0194. The minimum Gasteiger partial charge on any atom is -0.462 e. The van der Waals surface area contributed by atoms with Gasteiger partial charge in [-0.25, -0.2) is 9.18 Å². The third-order valence-corrected chi connectivity index (χ3v) is 2.96. The molecule has 4 nitrogen and oxygen atoms in total. The van der Waals surface area contributed by atoms with E-state index in [0.29, 0.717) is 0 Å². The van der Waals surface area contributed by atoms with E-state index in [4.69, 9.17) is 26.8 Å². The molecule has 0 bridgehead atoms. The van der Waals surface area contributed by atoms with Gasteiger partial charge >= 0.3 is 5.97 Å². The normalized spacial score (nSPS) is 10.2. The molecule has 0 fully saturated rings. The molecule has 0 saturated carbocycles. The highest BCUT2D eigenvalue weighted by Gasteiger charge is 2.17. The van der Waals surface area contributed by atoms with Gasteiger partial charge in [-0.2, -0.15) is 0 Å². The molecule has 0 saturated heterocycles. The number of carbonyl (C=O) groups is 1. The summed E-state index contributed by atoms with van der Waals surface area (Å²) in [5.74, 6) is -0.881. The van der Waals surface area contributed by atoms with Crippen LogP contribution in [0.5, 0.6) is 11.5 Å². The maximum atomic E-state index is 13.4. The number of nitrogen functional groups attached to an aromatic ring is 1. The van der Waals surface area contributed by atoms with Crippen LogP contribution in [0.4, 0.5) is 10.1 Å². The Hall–Kier alpha value is -2.27. The third kappa shape index (κ3) is 3.44. The Morgan fingerprint density at radius 3 is 2.76 bits per heavy atom. The highest BCUT2D eigenvalue weighted by atomic mass is 35.5. The second kappa shape index (κ2) is 6.45. The number of nitrogens with two attached hydrogens (primary N) is 1. The largest absolute Gasteiger partial charge is 0.462 e. The molecule has 0 unspecified atom stereocenters. The molecule has 2 N–H and O–H groups in total. The smallest absolute Gasteiger partial charge is 0.342 e. The fourth-order valence-corrected chi connectivity index (χ4v) is 1.81.